The van der Waals surface area contributed by atoms with E-state index in [9.17, 15) is 0 Å². The van der Waals surface area contributed by atoms with Crippen LogP contribution in [0, 0.1) is 0 Å². The highest BCUT2D eigenvalue weighted by Gasteiger charge is 2.09. The van der Waals surface area contributed by atoms with Gasteiger partial charge in [0, 0.05) is 12.1 Å². The third kappa shape index (κ3) is 4.69. The summed E-state index contributed by atoms with van der Waals surface area (Å²) >= 11 is 0. The van der Waals surface area contributed by atoms with Crippen LogP contribution in [0.4, 0.5) is 0 Å². The summed E-state index contributed by atoms with van der Waals surface area (Å²) in [5.74, 6) is 0.972. The molecular weight excluding hydrogens is 222 g/mol. The first-order valence-electron chi connectivity index (χ1n) is 7.09. The second kappa shape index (κ2) is 7.42. The fourth-order valence-electron chi connectivity index (χ4n) is 1.81. The lowest BCUT2D eigenvalue weighted by Crippen LogP contribution is -2.28. The lowest BCUT2D eigenvalue weighted by atomic mass is 10.1. The number of hydrogen-bond donors (Lipinski definition) is 1. The average Bonchev–Trinajstić information content (AvgIpc) is 2.38. The molecule has 0 aromatic heterocycles. The number of hydrogen-bond acceptors (Lipinski definition) is 2. The predicted molar refractivity (Wildman–Crippen MR) is 78.1 cm³/mol. The molecule has 2 heteroatoms. The zero-order valence-corrected chi connectivity index (χ0v) is 12.4. The van der Waals surface area contributed by atoms with Gasteiger partial charge in [0.05, 0.1) is 6.10 Å². The Morgan fingerprint density at radius 2 is 1.83 bits per heavy atom. The zero-order valence-electron chi connectivity index (χ0n) is 12.4. The first-order valence-corrected chi connectivity index (χ1v) is 7.09. The van der Waals surface area contributed by atoms with Gasteiger partial charge in [-0.05, 0) is 51.3 Å². The van der Waals surface area contributed by atoms with Gasteiger partial charge < -0.3 is 10.1 Å². The van der Waals surface area contributed by atoms with Gasteiger partial charge >= 0.3 is 0 Å². The molecule has 0 saturated carbocycles. The van der Waals surface area contributed by atoms with Gasteiger partial charge in [-0.1, -0.05) is 26.0 Å². The molecule has 0 radical (unpaired) electrons. The Labute approximate surface area is 112 Å². The number of nitrogens with one attached hydrogen (secondary N) is 1. The number of benzene rings is 1. The van der Waals surface area contributed by atoms with E-state index < -0.39 is 0 Å². The molecule has 0 aliphatic carbocycles. The summed E-state index contributed by atoms with van der Waals surface area (Å²) < 4.78 is 5.86. The van der Waals surface area contributed by atoms with Gasteiger partial charge in [0.15, 0.2) is 0 Å². The summed E-state index contributed by atoms with van der Waals surface area (Å²) in [5, 5.41) is 3.58. The SMILES string of the molecule is CC[C@H](C)N[C@@H](C)c1cccc(O[C@@H](C)CC)c1. The topological polar surface area (TPSA) is 21.3 Å². The monoisotopic (exact) mass is 249 g/mol. The van der Waals surface area contributed by atoms with Crippen molar-refractivity contribution in [1.82, 2.24) is 5.32 Å². The minimum absolute atomic E-state index is 0.276. The summed E-state index contributed by atoms with van der Waals surface area (Å²) in [7, 11) is 0. The van der Waals surface area contributed by atoms with E-state index in [0.717, 1.165) is 18.6 Å². The van der Waals surface area contributed by atoms with E-state index in [1.807, 2.05) is 6.07 Å². The van der Waals surface area contributed by atoms with Crippen molar-refractivity contribution in [3.63, 3.8) is 0 Å². The molecule has 0 aliphatic heterocycles. The quantitative estimate of drug-likeness (QED) is 0.777. The lowest BCUT2D eigenvalue weighted by Gasteiger charge is -2.20. The van der Waals surface area contributed by atoms with Crippen LogP contribution in [0.5, 0.6) is 5.75 Å². The molecule has 1 N–H and O–H groups in total. The van der Waals surface area contributed by atoms with Gasteiger partial charge in [0.2, 0.25) is 0 Å². The molecule has 3 atom stereocenters. The lowest BCUT2D eigenvalue weighted by molar-refractivity contribution is 0.217. The van der Waals surface area contributed by atoms with Crippen molar-refractivity contribution < 1.29 is 4.74 Å². The van der Waals surface area contributed by atoms with Crippen LogP contribution in [0.25, 0.3) is 0 Å². The molecule has 0 aliphatic rings. The van der Waals surface area contributed by atoms with Crippen LogP contribution in [0.15, 0.2) is 24.3 Å². The molecule has 102 valence electrons. The van der Waals surface area contributed by atoms with Crippen LogP contribution in [0.2, 0.25) is 0 Å². The van der Waals surface area contributed by atoms with Crippen molar-refractivity contribution in [2.45, 2.75) is 65.6 Å². The molecule has 1 aromatic rings. The summed E-state index contributed by atoms with van der Waals surface area (Å²) in [6.07, 6.45) is 2.45. The van der Waals surface area contributed by atoms with Crippen molar-refractivity contribution in [3.8, 4) is 5.75 Å². The van der Waals surface area contributed by atoms with E-state index in [1.165, 1.54) is 5.56 Å². The second-order valence-electron chi connectivity index (χ2n) is 5.11. The van der Waals surface area contributed by atoms with Crippen molar-refractivity contribution in [1.29, 1.82) is 0 Å². The Morgan fingerprint density at radius 1 is 1.11 bits per heavy atom. The number of rotatable bonds is 7. The summed E-state index contributed by atoms with van der Waals surface area (Å²) in [6.45, 7) is 10.9. The van der Waals surface area contributed by atoms with Crippen LogP contribution in [-0.2, 0) is 0 Å². The Kier molecular flexibility index (Phi) is 6.20. The Hall–Kier alpha value is -1.02. The maximum atomic E-state index is 5.86. The highest BCUT2D eigenvalue weighted by molar-refractivity contribution is 5.30. The molecule has 0 saturated heterocycles. The van der Waals surface area contributed by atoms with E-state index in [1.54, 1.807) is 0 Å². The average molecular weight is 249 g/mol. The van der Waals surface area contributed by atoms with E-state index in [-0.39, 0.29) is 6.10 Å². The molecule has 0 amide bonds. The Morgan fingerprint density at radius 3 is 2.44 bits per heavy atom. The maximum Gasteiger partial charge on any atom is 0.120 e. The van der Waals surface area contributed by atoms with E-state index in [4.69, 9.17) is 4.74 Å². The molecule has 1 rings (SSSR count). The molecule has 0 spiro atoms. The van der Waals surface area contributed by atoms with Crippen molar-refractivity contribution >= 4 is 0 Å². The Bertz CT molecular complexity index is 351. The third-order valence-electron chi connectivity index (χ3n) is 3.42. The van der Waals surface area contributed by atoms with E-state index >= 15 is 0 Å². The third-order valence-corrected chi connectivity index (χ3v) is 3.42. The second-order valence-corrected chi connectivity index (χ2v) is 5.11. The van der Waals surface area contributed by atoms with Gasteiger partial charge in [0.25, 0.3) is 0 Å². The van der Waals surface area contributed by atoms with Crippen molar-refractivity contribution in [3.05, 3.63) is 29.8 Å². The summed E-state index contributed by atoms with van der Waals surface area (Å²) in [5.41, 5.74) is 1.29. The molecule has 2 nitrogen and oxygen atoms in total. The van der Waals surface area contributed by atoms with Crippen molar-refractivity contribution in [2.75, 3.05) is 0 Å². The molecular formula is C16H27NO. The highest BCUT2D eigenvalue weighted by Crippen LogP contribution is 2.21. The fraction of sp³-hybridized carbons (Fsp3) is 0.625. The highest BCUT2D eigenvalue weighted by atomic mass is 16.5. The largest absolute Gasteiger partial charge is 0.491 e. The first kappa shape index (κ1) is 15.0. The van der Waals surface area contributed by atoms with E-state index in [0.29, 0.717) is 12.1 Å². The summed E-state index contributed by atoms with van der Waals surface area (Å²) in [4.78, 5) is 0. The zero-order chi connectivity index (χ0) is 13.5. The Balaban J connectivity index is 2.68. The standard InChI is InChI=1S/C16H27NO/c1-6-12(3)17-14(5)15-9-8-10-16(11-15)18-13(4)7-2/h8-14,17H,6-7H2,1-5H3/t12-,13-,14-/m0/s1. The fourth-order valence-corrected chi connectivity index (χ4v) is 1.81. The van der Waals surface area contributed by atoms with Gasteiger partial charge in [-0.25, -0.2) is 0 Å². The molecule has 0 heterocycles. The molecule has 0 unspecified atom stereocenters. The van der Waals surface area contributed by atoms with Crippen molar-refractivity contribution in [2.24, 2.45) is 0 Å². The molecule has 0 fully saturated rings. The van der Waals surface area contributed by atoms with Crippen LogP contribution in [-0.4, -0.2) is 12.1 Å². The minimum atomic E-state index is 0.276. The van der Waals surface area contributed by atoms with Crippen LogP contribution in [0.1, 0.15) is 59.1 Å². The molecule has 1 aromatic carbocycles. The predicted octanol–water partition coefficient (Wildman–Crippen LogP) is 4.31. The minimum Gasteiger partial charge on any atom is -0.491 e. The van der Waals surface area contributed by atoms with Crippen LogP contribution in [0.3, 0.4) is 0 Å². The normalized spacial score (nSPS) is 16.1. The van der Waals surface area contributed by atoms with Crippen LogP contribution < -0.4 is 10.1 Å². The first-order chi connectivity index (χ1) is 8.56. The molecule has 0 bridgehead atoms. The maximum absolute atomic E-state index is 5.86. The number of ether oxygens (including phenoxy) is 1. The van der Waals surface area contributed by atoms with Crippen LogP contribution >= 0.6 is 0 Å². The van der Waals surface area contributed by atoms with E-state index in [2.05, 4.69) is 58.1 Å². The van der Waals surface area contributed by atoms with Gasteiger partial charge in [-0.15, -0.1) is 0 Å². The van der Waals surface area contributed by atoms with Gasteiger partial charge in [-0.3, -0.25) is 0 Å². The molecule has 18 heavy (non-hydrogen) atoms. The van der Waals surface area contributed by atoms with Gasteiger partial charge in [0.1, 0.15) is 5.75 Å². The summed E-state index contributed by atoms with van der Waals surface area (Å²) in [6, 6.07) is 9.31. The van der Waals surface area contributed by atoms with Gasteiger partial charge in [-0.2, -0.15) is 0 Å². The smallest absolute Gasteiger partial charge is 0.120 e.